The fourth-order valence-electron chi connectivity index (χ4n) is 3.69. The number of aryl methyl sites for hydroxylation is 1. The highest BCUT2D eigenvalue weighted by Gasteiger charge is 2.22. The number of aliphatic hydroxyl groups is 2. The molecule has 0 aliphatic carbocycles. The Bertz CT molecular complexity index is 897. The van der Waals surface area contributed by atoms with E-state index in [0.29, 0.717) is 46.2 Å². The smallest absolute Gasteiger partial charge is 0.126 e. The number of benzene rings is 2. The summed E-state index contributed by atoms with van der Waals surface area (Å²) in [6, 6.07) is 9.85. The summed E-state index contributed by atoms with van der Waals surface area (Å²) in [7, 11) is 0. The Morgan fingerprint density at radius 3 is 2.30 bits per heavy atom. The molecule has 182 valence electrons. The van der Waals surface area contributed by atoms with Gasteiger partial charge in [0.05, 0.1) is 10.0 Å². The second kappa shape index (κ2) is 12.7. The van der Waals surface area contributed by atoms with E-state index >= 15 is 0 Å². The van der Waals surface area contributed by atoms with Crippen molar-refractivity contribution < 1.29 is 24.1 Å². The molecule has 0 amide bonds. The van der Waals surface area contributed by atoms with Gasteiger partial charge in [-0.2, -0.15) is 0 Å². The van der Waals surface area contributed by atoms with E-state index in [9.17, 15) is 14.6 Å². The van der Waals surface area contributed by atoms with Gasteiger partial charge in [0.15, 0.2) is 0 Å². The highest BCUT2D eigenvalue weighted by Crippen LogP contribution is 2.26. The van der Waals surface area contributed by atoms with Crippen molar-refractivity contribution in [1.82, 2.24) is 10.2 Å². The van der Waals surface area contributed by atoms with Crippen LogP contribution >= 0.6 is 23.2 Å². The van der Waals surface area contributed by atoms with Gasteiger partial charge in [-0.1, -0.05) is 23.2 Å². The van der Waals surface area contributed by atoms with Crippen LogP contribution in [0.15, 0.2) is 36.4 Å². The van der Waals surface area contributed by atoms with Crippen molar-refractivity contribution in [2.45, 2.75) is 38.0 Å². The van der Waals surface area contributed by atoms with Gasteiger partial charge in [-0.25, -0.2) is 4.39 Å². The number of rotatable bonds is 11. The molecule has 0 saturated carbocycles. The minimum Gasteiger partial charge on any atom is -0.491 e. The number of hydrogen-bond acceptors (Lipinski definition) is 6. The van der Waals surface area contributed by atoms with E-state index in [1.807, 2.05) is 0 Å². The zero-order valence-electron chi connectivity index (χ0n) is 18.6. The molecule has 2 aromatic carbocycles. The molecule has 9 heteroatoms. The van der Waals surface area contributed by atoms with Gasteiger partial charge in [-0.3, -0.25) is 0 Å². The minimum atomic E-state index is -0.659. The lowest BCUT2D eigenvalue weighted by molar-refractivity contribution is 0.0556. The van der Waals surface area contributed by atoms with Gasteiger partial charge in [0, 0.05) is 25.2 Å². The third kappa shape index (κ3) is 8.59. The van der Waals surface area contributed by atoms with E-state index < -0.39 is 12.2 Å². The summed E-state index contributed by atoms with van der Waals surface area (Å²) in [6.45, 7) is 4.64. The van der Waals surface area contributed by atoms with Gasteiger partial charge in [0.2, 0.25) is 0 Å². The number of piperidine rings is 1. The average Bonchev–Trinajstić information content (AvgIpc) is 2.80. The van der Waals surface area contributed by atoms with E-state index in [1.165, 1.54) is 6.07 Å². The molecule has 1 heterocycles. The predicted octanol–water partition coefficient (Wildman–Crippen LogP) is 3.67. The first kappa shape index (κ1) is 26.0. The number of aliphatic hydroxyl groups excluding tert-OH is 2. The Hall–Kier alpha value is -1.61. The number of nitrogens with zero attached hydrogens (tertiary/aromatic N) is 1. The molecule has 3 rings (SSSR count). The van der Waals surface area contributed by atoms with E-state index in [4.69, 9.17) is 32.7 Å². The van der Waals surface area contributed by atoms with E-state index in [-0.39, 0.29) is 19.0 Å². The van der Waals surface area contributed by atoms with E-state index in [0.717, 1.165) is 25.9 Å². The SMILES string of the molecule is Cc1cc(OC[C@H](O)CNC2CCN(C[C@H](O)COc3ccc(Cl)c(Cl)c3)CC2)ccc1F. The van der Waals surface area contributed by atoms with Crippen LogP contribution in [0.5, 0.6) is 11.5 Å². The predicted molar refractivity (Wildman–Crippen MR) is 128 cm³/mol. The first-order valence-electron chi connectivity index (χ1n) is 11.1. The molecular formula is C24H31Cl2FN2O4. The summed E-state index contributed by atoms with van der Waals surface area (Å²) < 4.78 is 24.5. The average molecular weight is 501 g/mol. The van der Waals surface area contributed by atoms with Crippen molar-refractivity contribution in [3.63, 3.8) is 0 Å². The molecule has 6 nitrogen and oxygen atoms in total. The highest BCUT2D eigenvalue weighted by atomic mass is 35.5. The number of β-amino-alcohol motifs (C(OH)–C–C–N with tert-alkyl or cyclic N) is 1. The van der Waals surface area contributed by atoms with Crippen LogP contribution in [0.25, 0.3) is 0 Å². The Morgan fingerprint density at radius 1 is 1.00 bits per heavy atom. The van der Waals surface area contributed by atoms with Gasteiger partial charge < -0.3 is 29.9 Å². The summed E-state index contributed by atoms with van der Waals surface area (Å²) >= 11 is 11.9. The minimum absolute atomic E-state index is 0.141. The maximum atomic E-state index is 13.3. The first-order chi connectivity index (χ1) is 15.8. The lowest BCUT2D eigenvalue weighted by Crippen LogP contribution is -2.47. The van der Waals surface area contributed by atoms with E-state index in [1.54, 1.807) is 37.3 Å². The zero-order chi connectivity index (χ0) is 23.8. The second-order valence-corrected chi connectivity index (χ2v) is 9.21. The number of hydrogen-bond donors (Lipinski definition) is 3. The van der Waals surface area contributed by atoms with Crippen LogP contribution in [0.1, 0.15) is 18.4 Å². The normalized spacial score (nSPS) is 17.0. The molecule has 33 heavy (non-hydrogen) atoms. The molecule has 1 saturated heterocycles. The number of halogens is 3. The van der Waals surface area contributed by atoms with Crippen molar-refractivity contribution in [3.05, 3.63) is 57.8 Å². The molecule has 1 aliphatic rings. The molecule has 1 aliphatic heterocycles. The number of likely N-dealkylation sites (tertiary alicyclic amines) is 1. The molecular weight excluding hydrogens is 470 g/mol. The van der Waals surface area contributed by atoms with Gasteiger partial charge in [0.1, 0.15) is 42.7 Å². The van der Waals surface area contributed by atoms with Crippen molar-refractivity contribution >= 4 is 23.2 Å². The maximum absolute atomic E-state index is 13.3. The van der Waals surface area contributed by atoms with Crippen LogP contribution < -0.4 is 14.8 Å². The lowest BCUT2D eigenvalue weighted by Gasteiger charge is -2.33. The van der Waals surface area contributed by atoms with Crippen LogP contribution in [0.4, 0.5) is 4.39 Å². The van der Waals surface area contributed by atoms with Crippen molar-refractivity contribution in [1.29, 1.82) is 0 Å². The fourth-order valence-corrected chi connectivity index (χ4v) is 3.98. The van der Waals surface area contributed by atoms with Crippen LogP contribution in [0.2, 0.25) is 10.0 Å². The Kier molecular flexibility index (Phi) is 10.0. The molecule has 2 aromatic rings. The fraction of sp³-hybridized carbons (Fsp3) is 0.500. The second-order valence-electron chi connectivity index (χ2n) is 8.40. The Labute approximate surface area is 204 Å². The summed E-state index contributed by atoms with van der Waals surface area (Å²) in [5.41, 5.74) is 0.512. The van der Waals surface area contributed by atoms with Gasteiger partial charge in [-0.05, 0) is 68.8 Å². The third-order valence-electron chi connectivity index (χ3n) is 5.60. The van der Waals surface area contributed by atoms with Crippen molar-refractivity contribution in [3.8, 4) is 11.5 Å². The van der Waals surface area contributed by atoms with Gasteiger partial charge in [0.25, 0.3) is 0 Å². The third-order valence-corrected chi connectivity index (χ3v) is 6.34. The molecule has 2 atom stereocenters. The summed E-state index contributed by atoms with van der Waals surface area (Å²) in [6.07, 6.45) is 0.572. The Balaban J connectivity index is 1.29. The molecule has 0 unspecified atom stereocenters. The standard InChI is InChI=1S/C24H31Cl2FN2O4/c1-16-10-20(3-5-24(16)27)32-14-18(30)12-28-17-6-8-29(9-7-17)13-19(31)15-33-21-2-4-22(25)23(26)11-21/h2-5,10-11,17-19,28,30-31H,6-9,12-15H2,1H3/t18-,19+/m1/s1. The summed E-state index contributed by atoms with van der Waals surface area (Å²) in [5.74, 6) is 0.842. The van der Waals surface area contributed by atoms with Crippen LogP contribution in [-0.4, -0.2) is 72.8 Å². The quantitative estimate of drug-likeness (QED) is 0.437. The van der Waals surface area contributed by atoms with Gasteiger partial charge in [-0.15, -0.1) is 0 Å². The highest BCUT2D eigenvalue weighted by molar-refractivity contribution is 6.42. The molecule has 0 spiro atoms. The monoisotopic (exact) mass is 500 g/mol. The van der Waals surface area contributed by atoms with Crippen LogP contribution in [-0.2, 0) is 0 Å². The van der Waals surface area contributed by atoms with Crippen LogP contribution in [0, 0.1) is 12.7 Å². The lowest BCUT2D eigenvalue weighted by atomic mass is 10.0. The molecule has 0 bridgehead atoms. The largest absolute Gasteiger partial charge is 0.491 e. The first-order valence-corrected chi connectivity index (χ1v) is 11.8. The van der Waals surface area contributed by atoms with Crippen LogP contribution in [0.3, 0.4) is 0 Å². The van der Waals surface area contributed by atoms with Crippen molar-refractivity contribution in [2.75, 3.05) is 39.4 Å². The van der Waals surface area contributed by atoms with E-state index in [2.05, 4.69) is 10.2 Å². The summed E-state index contributed by atoms with van der Waals surface area (Å²) in [4.78, 5) is 2.21. The molecule has 3 N–H and O–H groups in total. The number of nitrogens with one attached hydrogen (secondary N) is 1. The summed E-state index contributed by atoms with van der Waals surface area (Å²) in [5, 5.41) is 24.8. The molecule has 0 radical (unpaired) electrons. The topological polar surface area (TPSA) is 74.2 Å². The maximum Gasteiger partial charge on any atom is 0.126 e. The zero-order valence-corrected chi connectivity index (χ0v) is 20.2. The van der Waals surface area contributed by atoms with Crippen molar-refractivity contribution in [2.24, 2.45) is 0 Å². The van der Waals surface area contributed by atoms with Gasteiger partial charge >= 0.3 is 0 Å². The molecule has 1 fully saturated rings. The Morgan fingerprint density at radius 2 is 1.64 bits per heavy atom. The number of ether oxygens (including phenoxy) is 2. The molecule has 0 aromatic heterocycles.